The van der Waals surface area contributed by atoms with Crippen LogP contribution in [0.4, 0.5) is 0 Å². The topological polar surface area (TPSA) is 4.93 Å². The van der Waals surface area contributed by atoms with Crippen LogP contribution in [-0.4, -0.2) is 23.8 Å². The first-order valence-corrected chi connectivity index (χ1v) is 16.6. The summed E-state index contributed by atoms with van der Waals surface area (Å²) in [6.07, 6.45) is 4.36. The molecular formula is C7H13NPb. The molecule has 1 heterocycles. The molecule has 0 aliphatic heterocycles. The van der Waals surface area contributed by atoms with Crippen LogP contribution in [0, 0.1) is 0 Å². The Bertz CT molecular complexity index is 171. The van der Waals surface area contributed by atoms with Gasteiger partial charge >= 0.3 is 61.8 Å². The molecule has 1 aromatic rings. The van der Waals surface area contributed by atoms with Crippen LogP contribution in [-0.2, 0) is 0 Å². The summed E-state index contributed by atoms with van der Waals surface area (Å²) in [7, 11) is 0. The molecular weight excluding hydrogens is 305 g/mol. The van der Waals surface area contributed by atoms with Crippen LogP contribution in [0.1, 0.15) is 0 Å². The molecule has 50 valence electrons. The predicted octanol–water partition coefficient (Wildman–Crippen LogP) is 2.17. The zero-order valence-corrected chi connectivity index (χ0v) is 10.1. The molecule has 1 rings (SSSR count). The summed E-state index contributed by atoms with van der Waals surface area (Å²) in [5.41, 5.74) is 0. The van der Waals surface area contributed by atoms with E-state index in [4.69, 9.17) is 0 Å². The van der Waals surface area contributed by atoms with Crippen LogP contribution in [0.15, 0.2) is 24.5 Å². The van der Waals surface area contributed by atoms with Gasteiger partial charge in [0.05, 0.1) is 0 Å². The third-order valence-electron chi connectivity index (χ3n) is 1.38. The van der Waals surface area contributed by atoms with Crippen molar-refractivity contribution >= 4 is 21.5 Å². The zero-order valence-electron chi connectivity index (χ0n) is 6.26. The van der Waals surface area contributed by atoms with Gasteiger partial charge in [-0.1, -0.05) is 0 Å². The van der Waals surface area contributed by atoms with E-state index in [1.54, 1.807) is 0 Å². The van der Waals surface area contributed by atoms with Crippen LogP contribution >= 0.6 is 0 Å². The van der Waals surface area contributed by atoms with E-state index < -0.39 is 21.5 Å². The molecule has 0 unspecified atom stereocenters. The normalized spacial score (nSPS) is 11.9. The Morgan fingerprint density at radius 2 is 1.44 bits per heavy atom. The number of rotatable bonds is 1. The number of nitrogens with zero attached hydrogens (tertiary/aromatic N) is 1. The van der Waals surface area contributed by atoms with E-state index in [-0.39, 0.29) is 0 Å². The monoisotopic (exact) mass is 319 g/mol. The maximum atomic E-state index is 2.41. The Hall–Kier alpha value is 0.202. The van der Waals surface area contributed by atoms with Gasteiger partial charge in [-0.2, -0.15) is 0 Å². The number of hydrogen-bond donors (Lipinski definition) is 0. The van der Waals surface area contributed by atoms with Gasteiger partial charge in [0.1, 0.15) is 0 Å². The molecule has 0 bridgehead atoms. The SMILES string of the molecule is [CH3][Pb]([CH3])([CH3])[n]1cccc1. The van der Waals surface area contributed by atoms with Crippen molar-refractivity contribution in [2.75, 3.05) is 0 Å². The van der Waals surface area contributed by atoms with Gasteiger partial charge in [0, 0.05) is 0 Å². The fourth-order valence-electron chi connectivity index (χ4n) is 0.782. The average Bonchev–Trinajstić information content (AvgIpc) is 2.08. The standard InChI is InChI=1S/C4H4N.3CH3.Pb/c1-2-4-5-3-1;;;;/h1-4H;3*1H3;/q-1;;;;+1. The fourth-order valence-corrected chi connectivity index (χ4v) is 4.93. The molecule has 0 aliphatic rings. The third kappa shape index (κ3) is 1.81. The molecule has 0 fully saturated rings. The Morgan fingerprint density at radius 3 is 1.67 bits per heavy atom. The summed E-state index contributed by atoms with van der Waals surface area (Å²) in [5, 5.41) is 0. The van der Waals surface area contributed by atoms with Crippen LogP contribution in [0.2, 0.25) is 13.4 Å². The van der Waals surface area contributed by atoms with Gasteiger partial charge < -0.3 is 0 Å². The van der Waals surface area contributed by atoms with Crippen LogP contribution in [0.3, 0.4) is 0 Å². The molecule has 1 nitrogen and oxygen atoms in total. The molecule has 2 heteroatoms. The molecule has 0 saturated heterocycles. The summed E-state index contributed by atoms with van der Waals surface area (Å²) in [5.74, 6) is 0. The first-order chi connectivity index (χ1) is 4.11. The van der Waals surface area contributed by atoms with Crippen molar-refractivity contribution in [3.05, 3.63) is 24.5 Å². The van der Waals surface area contributed by atoms with E-state index in [1.807, 2.05) is 0 Å². The van der Waals surface area contributed by atoms with Gasteiger partial charge in [0.2, 0.25) is 0 Å². The molecule has 0 radical (unpaired) electrons. The van der Waals surface area contributed by atoms with Crippen LogP contribution in [0.25, 0.3) is 0 Å². The molecule has 0 atom stereocenters. The average molecular weight is 318 g/mol. The number of hydrogen-bond acceptors (Lipinski definition) is 0. The van der Waals surface area contributed by atoms with Crippen molar-refractivity contribution in [1.82, 2.24) is 2.38 Å². The number of aromatic nitrogens is 1. The fraction of sp³-hybridized carbons (Fsp3) is 0.429. The van der Waals surface area contributed by atoms with Gasteiger partial charge in [-0.05, 0) is 0 Å². The molecule has 9 heavy (non-hydrogen) atoms. The Morgan fingerprint density at radius 1 is 1.00 bits per heavy atom. The Labute approximate surface area is 61.8 Å². The molecule has 1 aromatic heterocycles. The summed E-state index contributed by atoms with van der Waals surface area (Å²) < 4.78 is 9.64. The molecule has 0 saturated carbocycles. The van der Waals surface area contributed by atoms with E-state index in [0.29, 0.717) is 0 Å². The third-order valence-corrected chi connectivity index (χ3v) is 8.56. The van der Waals surface area contributed by atoms with E-state index in [2.05, 4.69) is 40.4 Å². The molecule has 0 spiro atoms. The van der Waals surface area contributed by atoms with Crippen molar-refractivity contribution in [3.8, 4) is 0 Å². The second-order valence-electron chi connectivity index (χ2n) is 3.26. The summed E-state index contributed by atoms with van der Waals surface area (Å²) in [6.45, 7) is 0. The molecule has 0 aromatic carbocycles. The van der Waals surface area contributed by atoms with Crippen LogP contribution < -0.4 is 0 Å². The Balaban J connectivity index is 2.90. The quantitative estimate of drug-likeness (QED) is 0.700. The molecule has 0 aliphatic carbocycles. The Kier molecular flexibility index (Phi) is 1.98. The second kappa shape index (κ2) is 2.44. The zero-order chi connectivity index (χ0) is 6.91. The summed E-state index contributed by atoms with van der Waals surface area (Å²) in [6, 6.07) is 4.20. The van der Waals surface area contributed by atoms with Gasteiger partial charge in [-0.15, -0.1) is 0 Å². The second-order valence-corrected chi connectivity index (χ2v) is 22.1. The van der Waals surface area contributed by atoms with Crippen molar-refractivity contribution < 1.29 is 0 Å². The van der Waals surface area contributed by atoms with Gasteiger partial charge in [0.25, 0.3) is 0 Å². The van der Waals surface area contributed by atoms with E-state index in [1.165, 1.54) is 0 Å². The van der Waals surface area contributed by atoms with Gasteiger partial charge in [-0.3, -0.25) is 0 Å². The maximum absolute atomic E-state index is 2.41. The van der Waals surface area contributed by atoms with Gasteiger partial charge in [-0.25, -0.2) is 0 Å². The molecule has 0 amide bonds. The minimum absolute atomic E-state index is 1.85. The van der Waals surface area contributed by atoms with E-state index in [0.717, 1.165) is 0 Å². The molecule has 0 N–H and O–H groups in total. The summed E-state index contributed by atoms with van der Waals surface area (Å²) >= 11 is -1.85. The first kappa shape index (κ1) is 7.31. The van der Waals surface area contributed by atoms with Crippen molar-refractivity contribution in [2.45, 2.75) is 13.4 Å². The van der Waals surface area contributed by atoms with Crippen LogP contribution in [0.5, 0.6) is 0 Å². The van der Waals surface area contributed by atoms with Crippen molar-refractivity contribution in [1.29, 1.82) is 0 Å². The first-order valence-electron chi connectivity index (χ1n) is 3.24. The van der Waals surface area contributed by atoms with E-state index in [9.17, 15) is 0 Å². The van der Waals surface area contributed by atoms with Crippen molar-refractivity contribution in [3.63, 3.8) is 0 Å². The van der Waals surface area contributed by atoms with E-state index >= 15 is 0 Å². The predicted molar refractivity (Wildman–Crippen MR) is 43.2 cm³/mol. The minimum atomic E-state index is -1.85. The van der Waals surface area contributed by atoms with Crippen molar-refractivity contribution in [2.24, 2.45) is 0 Å². The van der Waals surface area contributed by atoms with Gasteiger partial charge in [0.15, 0.2) is 0 Å². The summed E-state index contributed by atoms with van der Waals surface area (Å²) in [4.78, 5) is 0.